The van der Waals surface area contributed by atoms with Gasteiger partial charge >= 0.3 is 6.18 Å². The van der Waals surface area contributed by atoms with Gasteiger partial charge in [0, 0.05) is 19.2 Å². The van der Waals surface area contributed by atoms with Gasteiger partial charge in [-0.25, -0.2) is 9.97 Å². The summed E-state index contributed by atoms with van der Waals surface area (Å²) in [5.74, 6) is -0.176. The van der Waals surface area contributed by atoms with Crippen LogP contribution >= 0.6 is 0 Å². The molecule has 0 spiro atoms. The molecular formula is C11H14F4N4. The molecule has 1 atom stereocenters. The van der Waals surface area contributed by atoms with Gasteiger partial charge in [-0.05, 0) is 18.9 Å². The van der Waals surface area contributed by atoms with Crippen molar-refractivity contribution in [2.24, 2.45) is 5.92 Å². The van der Waals surface area contributed by atoms with Crippen LogP contribution in [0.15, 0.2) is 12.4 Å². The van der Waals surface area contributed by atoms with Crippen molar-refractivity contribution in [3.05, 3.63) is 18.3 Å². The second-order valence-electron chi connectivity index (χ2n) is 4.61. The molecule has 0 aliphatic carbocycles. The van der Waals surface area contributed by atoms with Crippen LogP contribution in [0.3, 0.4) is 0 Å². The van der Waals surface area contributed by atoms with Gasteiger partial charge in [0.2, 0.25) is 5.95 Å². The first-order chi connectivity index (χ1) is 8.92. The summed E-state index contributed by atoms with van der Waals surface area (Å²) in [5, 5.41) is 2.91. The normalized spacial score (nSPS) is 20.7. The quantitative estimate of drug-likeness (QED) is 0.675. The lowest BCUT2D eigenvalue weighted by Crippen LogP contribution is -2.33. The highest BCUT2D eigenvalue weighted by Gasteiger charge is 2.34. The number of likely N-dealkylation sites (tertiary alicyclic amines) is 1. The molecule has 1 unspecified atom stereocenters. The lowest BCUT2D eigenvalue weighted by molar-refractivity contribution is -0.143. The zero-order chi connectivity index (χ0) is 13.9. The van der Waals surface area contributed by atoms with Crippen LogP contribution in [0.1, 0.15) is 6.42 Å². The molecule has 2 rings (SSSR count). The fourth-order valence-corrected chi connectivity index (χ4v) is 2.16. The zero-order valence-corrected chi connectivity index (χ0v) is 10.1. The third-order valence-corrected chi connectivity index (χ3v) is 2.98. The van der Waals surface area contributed by atoms with E-state index in [1.54, 1.807) is 0 Å². The zero-order valence-electron chi connectivity index (χ0n) is 10.1. The molecule has 8 heteroatoms. The Morgan fingerprint density at radius 2 is 2.16 bits per heavy atom. The number of nitrogens with zero attached hydrogens (tertiary/aromatic N) is 3. The first-order valence-electron chi connectivity index (χ1n) is 5.93. The lowest BCUT2D eigenvalue weighted by atomic mass is 10.1. The van der Waals surface area contributed by atoms with Crippen molar-refractivity contribution >= 4 is 5.82 Å². The van der Waals surface area contributed by atoms with Crippen LogP contribution in [0, 0.1) is 11.9 Å². The molecule has 1 aliphatic heterocycles. The highest BCUT2D eigenvalue weighted by molar-refractivity contribution is 5.32. The van der Waals surface area contributed by atoms with Crippen LogP contribution in [-0.4, -0.2) is 47.2 Å². The van der Waals surface area contributed by atoms with Gasteiger partial charge < -0.3 is 5.32 Å². The smallest absolute Gasteiger partial charge is 0.370 e. The molecule has 0 radical (unpaired) electrons. The van der Waals surface area contributed by atoms with E-state index in [0.29, 0.717) is 31.9 Å². The highest BCUT2D eigenvalue weighted by Crippen LogP contribution is 2.22. The Bertz CT molecular complexity index is 423. The topological polar surface area (TPSA) is 41.0 Å². The Morgan fingerprint density at radius 1 is 1.37 bits per heavy atom. The first-order valence-corrected chi connectivity index (χ1v) is 5.93. The van der Waals surface area contributed by atoms with E-state index in [1.807, 2.05) is 0 Å². The second-order valence-corrected chi connectivity index (χ2v) is 4.61. The van der Waals surface area contributed by atoms with Crippen molar-refractivity contribution in [2.45, 2.75) is 12.6 Å². The van der Waals surface area contributed by atoms with Crippen LogP contribution in [0.5, 0.6) is 0 Å². The molecule has 1 fully saturated rings. The standard InChI is InChI=1S/C11H14F4N4/c12-9-3-10(18-7-17-9)16-4-8-1-2-19(5-8)6-11(13,14)15/h3,7-8H,1-2,4-6H2,(H,16,17,18). The molecule has 2 heterocycles. The number of anilines is 1. The van der Waals surface area contributed by atoms with Crippen molar-refractivity contribution in [1.29, 1.82) is 0 Å². The summed E-state index contributed by atoms with van der Waals surface area (Å²) >= 11 is 0. The maximum atomic E-state index is 12.8. The van der Waals surface area contributed by atoms with Gasteiger partial charge in [0.15, 0.2) is 0 Å². The molecular weight excluding hydrogens is 264 g/mol. The number of nitrogens with one attached hydrogen (secondary N) is 1. The number of hydrogen-bond donors (Lipinski definition) is 1. The van der Waals surface area contributed by atoms with E-state index in [2.05, 4.69) is 15.3 Å². The fourth-order valence-electron chi connectivity index (χ4n) is 2.16. The van der Waals surface area contributed by atoms with Gasteiger partial charge in [-0.15, -0.1) is 0 Å². The summed E-state index contributed by atoms with van der Waals surface area (Å²) in [7, 11) is 0. The van der Waals surface area contributed by atoms with Gasteiger partial charge in [-0.2, -0.15) is 17.6 Å². The molecule has 1 aromatic heterocycles. The second kappa shape index (κ2) is 5.68. The number of aromatic nitrogens is 2. The molecule has 19 heavy (non-hydrogen) atoms. The predicted octanol–water partition coefficient (Wildman–Crippen LogP) is 1.91. The van der Waals surface area contributed by atoms with E-state index >= 15 is 0 Å². The minimum atomic E-state index is -4.15. The van der Waals surface area contributed by atoms with Crippen molar-refractivity contribution in [2.75, 3.05) is 31.5 Å². The molecule has 0 saturated carbocycles. The predicted molar refractivity (Wildman–Crippen MR) is 61.1 cm³/mol. The van der Waals surface area contributed by atoms with E-state index in [9.17, 15) is 17.6 Å². The maximum absolute atomic E-state index is 12.8. The minimum absolute atomic E-state index is 0.111. The van der Waals surface area contributed by atoms with Crippen LogP contribution in [0.2, 0.25) is 0 Å². The Kier molecular flexibility index (Phi) is 4.18. The monoisotopic (exact) mass is 278 g/mol. The van der Waals surface area contributed by atoms with Crippen molar-refractivity contribution in [3.8, 4) is 0 Å². The number of rotatable bonds is 4. The summed E-state index contributed by atoms with van der Waals surface area (Å²) < 4.78 is 49.4. The number of alkyl halides is 3. The van der Waals surface area contributed by atoms with E-state index in [4.69, 9.17) is 0 Å². The summed E-state index contributed by atoms with van der Waals surface area (Å²) in [5.41, 5.74) is 0. The molecule has 0 aromatic carbocycles. The van der Waals surface area contributed by atoms with Crippen LogP contribution < -0.4 is 5.32 Å². The maximum Gasteiger partial charge on any atom is 0.401 e. The molecule has 106 valence electrons. The Balaban J connectivity index is 1.76. The fraction of sp³-hybridized carbons (Fsp3) is 0.636. The van der Waals surface area contributed by atoms with E-state index in [1.165, 1.54) is 4.90 Å². The largest absolute Gasteiger partial charge is 0.401 e. The SMILES string of the molecule is Fc1cc(NCC2CCN(CC(F)(F)F)C2)ncn1. The summed E-state index contributed by atoms with van der Waals surface area (Å²) in [6, 6.07) is 1.16. The molecule has 1 aliphatic rings. The summed E-state index contributed by atoms with van der Waals surface area (Å²) in [6.07, 6.45) is -2.36. The number of hydrogen-bond acceptors (Lipinski definition) is 4. The number of halogens is 4. The van der Waals surface area contributed by atoms with Gasteiger partial charge in [0.1, 0.15) is 12.1 Å². The van der Waals surface area contributed by atoms with Gasteiger partial charge in [0.25, 0.3) is 0 Å². The van der Waals surface area contributed by atoms with E-state index in [0.717, 1.165) is 12.4 Å². The minimum Gasteiger partial charge on any atom is -0.370 e. The Morgan fingerprint density at radius 3 is 2.84 bits per heavy atom. The average molecular weight is 278 g/mol. The van der Waals surface area contributed by atoms with Crippen LogP contribution in [0.4, 0.5) is 23.4 Å². The molecule has 1 N–H and O–H groups in total. The average Bonchev–Trinajstić information content (AvgIpc) is 2.72. The molecule has 1 saturated heterocycles. The van der Waals surface area contributed by atoms with Crippen molar-refractivity contribution in [1.82, 2.24) is 14.9 Å². The van der Waals surface area contributed by atoms with E-state index in [-0.39, 0.29) is 5.92 Å². The molecule has 4 nitrogen and oxygen atoms in total. The molecule has 1 aromatic rings. The third kappa shape index (κ3) is 4.62. The summed E-state index contributed by atoms with van der Waals surface area (Å²) in [4.78, 5) is 8.53. The lowest BCUT2D eigenvalue weighted by Gasteiger charge is -2.18. The van der Waals surface area contributed by atoms with E-state index < -0.39 is 18.7 Å². The first kappa shape index (κ1) is 14.0. The molecule has 0 bridgehead atoms. The van der Waals surface area contributed by atoms with Gasteiger partial charge in [0.05, 0.1) is 6.54 Å². The molecule has 0 amide bonds. The Hall–Kier alpha value is -1.44. The van der Waals surface area contributed by atoms with Crippen LogP contribution in [-0.2, 0) is 0 Å². The third-order valence-electron chi connectivity index (χ3n) is 2.98. The van der Waals surface area contributed by atoms with Gasteiger partial charge in [-0.3, -0.25) is 4.90 Å². The van der Waals surface area contributed by atoms with Crippen LogP contribution in [0.25, 0.3) is 0 Å². The Labute approximate surface area is 107 Å². The van der Waals surface area contributed by atoms with Crippen molar-refractivity contribution < 1.29 is 17.6 Å². The van der Waals surface area contributed by atoms with Gasteiger partial charge in [-0.1, -0.05) is 0 Å². The summed E-state index contributed by atoms with van der Waals surface area (Å²) in [6.45, 7) is 0.431. The highest BCUT2D eigenvalue weighted by atomic mass is 19.4. The van der Waals surface area contributed by atoms with Crippen molar-refractivity contribution in [3.63, 3.8) is 0 Å².